The average molecular weight is 651 g/mol. The van der Waals surface area contributed by atoms with Gasteiger partial charge in [-0.2, -0.15) is 0 Å². The molecule has 238 valence electrons. The van der Waals surface area contributed by atoms with Crippen molar-refractivity contribution in [2.24, 2.45) is 0 Å². The van der Waals surface area contributed by atoms with Crippen LogP contribution in [0.15, 0.2) is 119 Å². The van der Waals surface area contributed by atoms with Crippen LogP contribution in [-0.4, -0.2) is 50.5 Å². The molecule has 45 heavy (non-hydrogen) atoms. The molecule has 0 saturated carbocycles. The third kappa shape index (κ3) is 9.74. The molecule has 0 spiro atoms. The first kappa shape index (κ1) is 35.5. The standard InChI is InChI=1S/C17H19NO4S.C17H19NO3S/c1-17(16(19)18-20,12-13-6-4-3-5-7-13)23(21)15-10-8-14(22-2)9-11-15;1-17(16(19)18-20,12-13-6-4-3-5-7-13)22-15-10-8-14(21-2)9-11-15/h3-11,20H,12H2,1-2H3,(H,18,19);3-11,20H,12H2,1-2H3,(H,18,19). The Morgan fingerprint density at radius 2 is 1.16 bits per heavy atom. The molecule has 0 aliphatic carbocycles. The monoisotopic (exact) mass is 650 g/mol. The molecule has 4 N–H and O–H groups in total. The number of carbonyl (C=O) groups excluding carboxylic acids is 2. The molecular weight excluding hydrogens is 613 g/mol. The van der Waals surface area contributed by atoms with Crippen molar-refractivity contribution in [2.45, 2.75) is 46.0 Å². The van der Waals surface area contributed by atoms with Crippen LogP contribution in [0, 0.1) is 0 Å². The molecule has 4 rings (SSSR count). The van der Waals surface area contributed by atoms with Crippen molar-refractivity contribution >= 4 is 34.8 Å². The van der Waals surface area contributed by atoms with Gasteiger partial charge < -0.3 is 14.0 Å². The van der Waals surface area contributed by atoms with Gasteiger partial charge in [-0.3, -0.25) is 20.0 Å². The van der Waals surface area contributed by atoms with Gasteiger partial charge in [-0.15, -0.1) is 11.8 Å². The van der Waals surface area contributed by atoms with Crippen LogP contribution in [0.25, 0.3) is 0 Å². The lowest BCUT2D eigenvalue weighted by atomic mass is 10.00. The molecule has 0 aliphatic heterocycles. The number of thioether (sulfide) groups is 1. The quantitative estimate of drug-likeness (QED) is 0.0672. The Morgan fingerprint density at radius 3 is 1.60 bits per heavy atom. The Morgan fingerprint density at radius 1 is 0.711 bits per heavy atom. The summed E-state index contributed by atoms with van der Waals surface area (Å²) < 4.78 is 21.1. The van der Waals surface area contributed by atoms with Crippen LogP contribution >= 0.6 is 11.8 Å². The topological polar surface area (TPSA) is 140 Å². The van der Waals surface area contributed by atoms with E-state index in [2.05, 4.69) is 0 Å². The molecule has 0 radical (unpaired) electrons. The molecule has 3 unspecified atom stereocenters. The van der Waals surface area contributed by atoms with E-state index >= 15 is 0 Å². The van der Waals surface area contributed by atoms with E-state index in [1.54, 1.807) is 56.4 Å². The highest BCUT2D eigenvalue weighted by Gasteiger charge is 2.46. The van der Waals surface area contributed by atoms with Gasteiger partial charge in [0.2, 0.25) is 4.75 Å². The normalized spacial score (nSPS) is 13.9. The second-order valence-electron chi connectivity index (χ2n) is 10.4. The summed E-state index contributed by atoms with van der Waals surface area (Å²) in [5.41, 5.74) is 5.32. The van der Waals surface area contributed by atoms with Crippen molar-refractivity contribution < 1.29 is 34.0 Å². The summed E-state index contributed by atoms with van der Waals surface area (Å²) in [5.74, 6) is 0.301. The Kier molecular flexibility index (Phi) is 13.3. The molecule has 0 heterocycles. The molecule has 0 aromatic heterocycles. The number of methoxy groups -OCH3 is 2. The summed E-state index contributed by atoms with van der Waals surface area (Å²) in [7, 11) is 3.16. The number of hydrogen-bond donors (Lipinski definition) is 4. The van der Waals surface area contributed by atoms with Gasteiger partial charge in [0.1, 0.15) is 16.2 Å². The largest absolute Gasteiger partial charge is 0.611 e. The maximum atomic E-state index is 13.0. The van der Waals surface area contributed by atoms with Gasteiger partial charge in [-0.25, -0.2) is 11.0 Å². The fourth-order valence-corrected chi connectivity index (χ4v) is 7.05. The van der Waals surface area contributed by atoms with Crippen molar-refractivity contribution in [1.29, 1.82) is 0 Å². The molecular formula is C34H38N2O7S2. The maximum Gasteiger partial charge on any atom is 0.299 e. The number of benzene rings is 4. The Hall–Kier alpha value is -4.00. The highest BCUT2D eigenvalue weighted by atomic mass is 32.2. The minimum atomic E-state index is -1.66. The first-order valence-electron chi connectivity index (χ1n) is 13.9. The zero-order valence-corrected chi connectivity index (χ0v) is 27.2. The van der Waals surface area contributed by atoms with E-state index in [4.69, 9.17) is 19.9 Å². The predicted molar refractivity (Wildman–Crippen MR) is 175 cm³/mol. The molecule has 3 atom stereocenters. The van der Waals surface area contributed by atoms with Gasteiger partial charge in [0.25, 0.3) is 11.8 Å². The van der Waals surface area contributed by atoms with Crippen molar-refractivity contribution in [3.63, 3.8) is 0 Å². The third-order valence-electron chi connectivity index (χ3n) is 7.02. The van der Waals surface area contributed by atoms with Crippen LogP contribution in [0.1, 0.15) is 25.0 Å². The Labute approximate surface area is 271 Å². The highest BCUT2D eigenvalue weighted by Crippen LogP contribution is 2.36. The van der Waals surface area contributed by atoms with Gasteiger partial charge in [-0.1, -0.05) is 60.7 Å². The summed E-state index contributed by atoms with van der Waals surface area (Å²) in [6.07, 6.45) is 0.746. The number of ether oxygens (including phenoxy) is 2. The lowest BCUT2D eigenvalue weighted by Crippen LogP contribution is -2.51. The first-order chi connectivity index (χ1) is 21.6. The number of hydrogen-bond acceptors (Lipinski definition) is 8. The van der Waals surface area contributed by atoms with Gasteiger partial charge >= 0.3 is 0 Å². The van der Waals surface area contributed by atoms with Crippen LogP contribution in [0.4, 0.5) is 0 Å². The van der Waals surface area contributed by atoms with Crippen molar-refractivity contribution in [1.82, 2.24) is 11.0 Å². The number of hydroxylamine groups is 2. The van der Waals surface area contributed by atoms with E-state index in [0.717, 1.165) is 21.8 Å². The smallest absolute Gasteiger partial charge is 0.299 e. The number of rotatable bonds is 12. The Balaban J connectivity index is 0.000000246. The third-order valence-corrected chi connectivity index (χ3v) is 10.2. The molecule has 4 aromatic rings. The molecule has 4 aromatic carbocycles. The predicted octanol–water partition coefficient (Wildman–Crippen LogP) is 5.60. The molecule has 0 fully saturated rings. The number of amides is 2. The van der Waals surface area contributed by atoms with E-state index in [9.17, 15) is 14.1 Å². The fourth-order valence-electron chi connectivity index (χ4n) is 4.46. The maximum absolute atomic E-state index is 13.0. The summed E-state index contributed by atoms with van der Waals surface area (Å²) >= 11 is -0.245. The zero-order chi connectivity index (χ0) is 32.9. The van der Waals surface area contributed by atoms with Crippen molar-refractivity contribution in [3.8, 4) is 11.5 Å². The minimum absolute atomic E-state index is 0.235. The number of nitrogens with one attached hydrogen (secondary N) is 2. The minimum Gasteiger partial charge on any atom is -0.611 e. The summed E-state index contributed by atoms with van der Waals surface area (Å²) in [6, 6.07) is 33.2. The van der Waals surface area contributed by atoms with E-state index in [1.165, 1.54) is 11.8 Å². The van der Waals surface area contributed by atoms with E-state index in [-0.39, 0.29) is 6.42 Å². The van der Waals surface area contributed by atoms with E-state index < -0.39 is 32.5 Å². The highest BCUT2D eigenvalue weighted by molar-refractivity contribution is 8.01. The summed E-state index contributed by atoms with van der Waals surface area (Å²) in [4.78, 5) is 25.8. The summed E-state index contributed by atoms with van der Waals surface area (Å²) in [5, 5.41) is 18.1. The second-order valence-corrected chi connectivity index (χ2v) is 13.9. The van der Waals surface area contributed by atoms with Gasteiger partial charge in [0.15, 0.2) is 4.90 Å². The lowest BCUT2D eigenvalue weighted by molar-refractivity contribution is -0.132. The van der Waals surface area contributed by atoms with Crippen LogP contribution in [-0.2, 0) is 33.6 Å². The second kappa shape index (κ2) is 16.9. The Bertz CT molecular complexity index is 1490. The molecule has 9 nitrogen and oxygen atoms in total. The van der Waals surface area contributed by atoms with Gasteiger partial charge in [-0.05, 0) is 79.9 Å². The average Bonchev–Trinajstić information content (AvgIpc) is 3.08. The lowest BCUT2D eigenvalue weighted by Gasteiger charge is -2.29. The molecule has 2 amide bonds. The van der Waals surface area contributed by atoms with Crippen molar-refractivity contribution in [2.75, 3.05) is 14.2 Å². The SMILES string of the molecule is COc1ccc(SC(C)(Cc2ccccc2)C(=O)NO)cc1.COc1ccc([S+]([O-])C(C)(Cc2ccccc2)C(=O)NO)cc1. The van der Waals surface area contributed by atoms with Crippen LogP contribution in [0.2, 0.25) is 0 Å². The molecule has 11 heteroatoms. The fraction of sp³-hybridized carbons (Fsp3) is 0.235. The molecule has 0 aliphatic rings. The number of carbonyl (C=O) groups is 2. The van der Waals surface area contributed by atoms with Crippen LogP contribution in [0.3, 0.4) is 0 Å². The van der Waals surface area contributed by atoms with Crippen LogP contribution < -0.4 is 20.4 Å². The molecule has 0 bridgehead atoms. The van der Waals surface area contributed by atoms with Gasteiger partial charge in [0, 0.05) is 22.5 Å². The van der Waals surface area contributed by atoms with E-state index in [0.29, 0.717) is 17.1 Å². The summed E-state index contributed by atoms with van der Waals surface area (Å²) in [6.45, 7) is 3.40. The van der Waals surface area contributed by atoms with Gasteiger partial charge in [0.05, 0.1) is 14.2 Å². The van der Waals surface area contributed by atoms with E-state index in [1.807, 2.05) is 91.9 Å². The van der Waals surface area contributed by atoms with Crippen LogP contribution in [0.5, 0.6) is 11.5 Å². The van der Waals surface area contributed by atoms with Crippen molar-refractivity contribution in [3.05, 3.63) is 120 Å². The molecule has 0 saturated heterocycles. The zero-order valence-electron chi connectivity index (χ0n) is 25.6. The first-order valence-corrected chi connectivity index (χ1v) is 15.9.